The quantitative estimate of drug-likeness (QED) is 0.808. The Morgan fingerprint density at radius 3 is 2.32 bits per heavy atom. The van der Waals surface area contributed by atoms with Crippen LogP contribution in [0, 0.1) is 17.8 Å². The molecule has 1 rings (SSSR count). The average Bonchev–Trinajstić information content (AvgIpc) is 2.79. The SMILES string of the molecule is CC(C)C(CNCC1CCCN1C(=O)OC(C)(C)C)C(C)C. The molecule has 0 radical (unpaired) electrons. The highest BCUT2D eigenvalue weighted by molar-refractivity contribution is 5.69. The summed E-state index contributed by atoms with van der Waals surface area (Å²) in [7, 11) is 0. The number of rotatable bonds is 6. The van der Waals surface area contributed by atoms with Gasteiger partial charge in [0, 0.05) is 19.1 Å². The van der Waals surface area contributed by atoms with Crippen LogP contribution in [0.15, 0.2) is 0 Å². The zero-order chi connectivity index (χ0) is 16.9. The lowest BCUT2D eigenvalue weighted by Crippen LogP contribution is -2.45. The number of likely N-dealkylation sites (tertiary alicyclic amines) is 1. The lowest BCUT2D eigenvalue weighted by Gasteiger charge is -2.30. The number of nitrogens with one attached hydrogen (secondary N) is 1. The van der Waals surface area contributed by atoms with Crippen LogP contribution in [0.25, 0.3) is 0 Å². The molecule has 1 unspecified atom stereocenters. The molecule has 1 aliphatic rings. The Bertz CT molecular complexity index is 339. The molecule has 130 valence electrons. The largest absolute Gasteiger partial charge is 0.444 e. The summed E-state index contributed by atoms with van der Waals surface area (Å²) in [6.07, 6.45) is 1.98. The van der Waals surface area contributed by atoms with Gasteiger partial charge in [-0.2, -0.15) is 0 Å². The van der Waals surface area contributed by atoms with Gasteiger partial charge in [0.25, 0.3) is 0 Å². The van der Waals surface area contributed by atoms with Gasteiger partial charge in [-0.3, -0.25) is 0 Å². The molecule has 22 heavy (non-hydrogen) atoms. The van der Waals surface area contributed by atoms with Gasteiger partial charge in [0.05, 0.1) is 0 Å². The van der Waals surface area contributed by atoms with Crippen molar-refractivity contribution in [2.45, 2.75) is 73.0 Å². The van der Waals surface area contributed by atoms with Gasteiger partial charge in [0.1, 0.15) is 5.60 Å². The average molecular weight is 312 g/mol. The minimum absolute atomic E-state index is 0.166. The second-order valence-corrected chi connectivity index (χ2v) is 8.28. The molecule has 1 atom stereocenters. The lowest BCUT2D eigenvalue weighted by atomic mass is 9.85. The minimum Gasteiger partial charge on any atom is -0.444 e. The van der Waals surface area contributed by atoms with Crippen molar-refractivity contribution in [3.63, 3.8) is 0 Å². The summed E-state index contributed by atoms with van der Waals surface area (Å²) in [5, 5.41) is 3.59. The van der Waals surface area contributed by atoms with Crippen LogP contribution in [0.1, 0.15) is 61.3 Å². The highest BCUT2D eigenvalue weighted by Crippen LogP contribution is 2.22. The van der Waals surface area contributed by atoms with Crippen molar-refractivity contribution >= 4 is 6.09 Å². The maximum absolute atomic E-state index is 12.3. The Morgan fingerprint density at radius 1 is 1.23 bits per heavy atom. The summed E-state index contributed by atoms with van der Waals surface area (Å²) in [4.78, 5) is 14.2. The summed E-state index contributed by atoms with van der Waals surface area (Å²) in [5.74, 6) is 2.03. The highest BCUT2D eigenvalue weighted by Gasteiger charge is 2.32. The van der Waals surface area contributed by atoms with E-state index in [0.29, 0.717) is 17.8 Å². The van der Waals surface area contributed by atoms with Gasteiger partial charge in [0.15, 0.2) is 0 Å². The third kappa shape index (κ3) is 6.15. The lowest BCUT2D eigenvalue weighted by molar-refractivity contribution is 0.0225. The van der Waals surface area contributed by atoms with Gasteiger partial charge < -0.3 is 15.0 Å². The molecular formula is C18H36N2O2. The standard InChI is InChI=1S/C18H36N2O2/c1-13(2)16(14(3)4)12-19-11-15-9-8-10-20(15)17(21)22-18(5,6)7/h13-16,19H,8-12H2,1-7H3. The maximum atomic E-state index is 12.3. The molecule has 4 nitrogen and oxygen atoms in total. The molecule has 0 saturated carbocycles. The molecule has 1 saturated heterocycles. The van der Waals surface area contributed by atoms with Gasteiger partial charge in [-0.1, -0.05) is 27.7 Å². The van der Waals surface area contributed by atoms with E-state index >= 15 is 0 Å². The van der Waals surface area contributed by atoms with E-state index in [2.05, 4.69) is 33.0 Å². The van der Waals surface area contributed by atoms with Crippen LogP contribution in [0.2, 0.25) is 0 Å². The van der Waals surface area contributed by atoms with E-state index in [-0.39, 0.29) is 12.1 Å². The van der Waals surface area contributed by atoms with E-state index in [1.807, 2.05) is 25.7 Å². The fourth-order valence-corrected chi connectivity index (χ4v) is 3.27. The number of carbonyl (C=O) groups is 1. The van der Waals surface area contributed by atoms with Crippen molar-refractivity contribution in [1.82, 2.24) is 10.2 Å². The zero-order valence-corrected chi connectivity index (χ0v) is 15.6. The van der Waals surface area contributed by atoms with Gasteiger partial charge in [-0.15, -0.1) is 0 Å². The van der Waals surface area contributed by atoms with E-state index < -0.39 is 5.60 Å². The number of hydrogen-bond acceptors (Lipinski definition) is 3. The summed E-state index contributed by atoms with van der Waals surface area (Å²) in [6.45, 7) is 17.6. The molecule has 0 aromatic heterocycles. The molecule has 0 bridgehead atoms. The number of amides is 1. The Balaban J connectivity index is 2.46. The fourth-order valence-electron chi connectivity index (χ4n) is 3.27. The third-order valence-electron chi connectivity index (χ3n) is 4.48. The highest BCUT2D eigenvalue weighted by atomic mass is 16.6. The summed E-state index contributed by atoms with van der Waals surface area (Å²) >= 11 is 0. The predicted octanol–water partition coefficient (Wildman–Crippen LogP) is 3.90. The summed E-state index contributed by atoms with van der Waals surface area (Å²) < 4.78 is 5.51. The summed E-state index contributed by atoms with van der Waals surface area (Å²) in [6, 6.07) is 0.273. The van der Waals surface area contributed by atoms with E-state index in [1.165, 1.54) is 0 Å². The smallest absolute Gasteiger partial charge is 0.410 e. The Labute approximate surface area is 137 Å². The van der Waals surface area contributed by atoms with Gasteiger partial charge in [-0.05, 0) is 57.9 Å². The number of ether oxygens (including phenoxy) is 1. The van der Waals surface area contributed by atoms with Crippen LogP contribution in [0.4, 0.5) is 4.79 Å². The number of nitrogens with zero attached hydrogens (tertiary/aromatic N) is 1. The van der Waals surface area contributed by atoms with Crippen molar-refractivity contribution < 1.29 is 9.53 Å². The second-order valence-electron chi connectivity index (χ2n) is 8.28. The van der Waals surface area contributed by atoms with Crippen molar-refractivity contribution in [2.75, 3.05) is 19.6 Å². The number of carbonyl (C=O) groups excluding carboxylic acids is 1. The van der Waals surface area contributed by atoms with E-state index in [4.69, 9.17) is 4.74 Å². The normalized spacial score (nSPS) is 19.5. The maximum Gasteiger partial charge on any atom is 0.410 e. The van der Waals surface area contributed by atoms with Crippen molar-refractivity contribution in [2.24, 2.45) is 17.8 Å². The molecule has 1 N–H and O–H groups in total. The predicted molar refractivity (Wildman–Crippen MR) is 92.0 cm³/mol. The Morgan fingerprint density at radius 2 is 1.82 bits per heavy atom. The monoisotopic (exact) mass is 312 g/mol. The van der Waals surface area contributed by atoms with Gasteiger partial charge in [0.2, 0.25) is 0 Å². The van der Waals surface area contributed by atoms with Gasteiger partial charge in [-0.25, -0.2) is 4.79 Å². The number of hydrogen-bond donors (Lipinski definition) is 1. The Kier molecular flexibility index (Phi) is 7.17. The van der Waals surface area contributed by atoms with Crippen molar-refractivity contribution in [3.8, 4) is 0 Å². The van der Waals surface area contributed by atoms with Crippen LogP contribution < -0.4 is 5.32 Å². The third-order valence-corrected chi connectivity index (χ3v) is 4.48. The van der Waals surface area contributed by atoms with Crippen molar-refractivity contribution in [1.29, 1.82) is 0 Å². The Hall–Kier alpha value is -0.770. The molecule has 1 fully saturated rings. The first-order chi connectivity index (χ1) is 10.1. The molecule has 0 aromatic rings. The molecule has 0 aromatic carbocycles. The van der Waals surface area contributed by atoms with Crippen LogP contribution >= 0.6 is 0 Å². The van der Waals surface area contributed by atoms with Crippen LogP contribution in [0.3, 0.4) is 0 Å². The zero-order valence-electron chi connectivity index (χ0n) is 15.6. The van der Waals surface area contributed by atoms with Crippen LogP contribution in [0.5, 0.6) is 0 Å². The first-order valence-corrected chi connectivity index (χ1v) is 8.82. The first kappa shape index (κ1) is 19.3. The van der Waals surface area contributed by atoms with E-state index in [9.17, 15) is 4.79 Å². The van der Waals surface area contributed by atoms with Gasteiger partial charge >= 0.3 is 6.09 Å². The molecule has 0 spiro atoms. The molecular weight excluding hydrogens is 276 g/mol. The van der Waals surface area contributed by atoms with Crippen molar-refractivity contribution in [3.05, 3.63) is 0 Å². The molecule has 1 amide bonds. The van der Waals surface area contributed by atoms with E-state index in [1.54, 1.807) is 0 Å². The second kappa shape index (κ2) is 8.19. The minimum atomic E-state index is -0.419. The van der Waals surface area contributed by atoms with Crippen LogP contribution in [-0.2, 0) is 4.74 Å². The molecule has 1 heterocycles. The topological polar surface area (TPSA) is 41.6 Å². The van der Waals surface area contributed by atoms with E-state index in [0.717, 1.165) is 32.5 Å². The molecule has 1 aliphatic heterocycles. The summed E-state index contributed by atoms with van der Waals surface area (Å²) in [5.41, 5.74) is -0.419. The first-order valence-electron chi connectivity index (χ1n) is 8.82. The molecule has 0 aliphatic carbocycles. The fraction of sp³-hybridized carbons (Fsp3) is 0.944. The van der Waals surface area contributed by atoms with Crippen LogP contribution in [-0.4, -0.2) is 42.3 Å². The molecule has 4 heteroatoms.